The van der Waals surface area contributed by atoms with Crippen LogP contribution in [-0.4, -0.2) is 5.78 Å². The lowest BCUT2D eigenvalue weighted by molar-refractivity contribution is -0.115. The monoisotopic (exact) mass is 178 g/mol. The highest BCUT2D eigenvalue weighted by atomic mass is 16.1. The molecular weight excluding hydrogens is 160 g/mol. The van der Waals surface area contributed by atoms with E-state index in [1.165, 1.54) is 11.1 Å². The molecule has 0 saturated heterocycles. The predicted octanol–water partition coefficient (Wildman–Crippen LogP) is 3.41. The van der Waals surface area contributed by atoms with Gasteiger partial charge >= 0.3 is 0 Å². The third-order valence-corrected chi connectivity index (χ3v) is 2.66. The molecule has 72 valence electrons. The summed E-state index contributed by atoms with van der Waals surface area (Å²) >= 11 is 0. The summed E-state index contributed by atoms with van der Waals surface area (Å²) in [4.78, 5) is 11.7. The van der Waals surface area contributed by atoms with E-state index in [9.17, 15) is 4.79 Å². The zero-order valence-electron chi connectivity index (χ0n) is 8.81. The number of rotatable bonds is 1. The summed E-state index contributed by atoms with van der Waals surface area (Å²) in [6.45, 7) is 6.17. The standard InChI is InChI=1S/C12H18O/c1-9(2)10(3)11-7-5-4-6-8-12(11)13/h7H,4-6,8H2,1-3H3. The van der Waals surface area contributed by atoms with Gasteiger partial charge in [0.05, 0.1) is 0 Å². The highest BCUT2D eigenvalue weighted by molar-refractivity contribution is 5.99. The molecule has 0 unspecified atom stereocenters. The minimum Gasteiger partial charge on any atom is -0.294 e. The van der Waals surface area contributed by atoms with Crippen molar-refractivity contribution in [2.24, 2.45) is 0 Å². The molecule has 0 aromatic carbocycles. The molecule has 0 N–H and O–H groups in total. The fourth-order valence-electron chi connectivity index (χ4n) is 1.56. The van der Waals surface area contributed by atoms with Gasteiger partial charge in [-0.05, 0) is 45.6 Å². The first-order valence-corrected chi connectivity index (χ1v) is 5.00. The first-order valence-electron chi connectivity index (χ1n) is 5.00. The van der Waals surface area contributed by atoms with Gasteiger partial charge in [0.2, 0.25) is 0 Å². The molecule has 1 aliphatic rings. The Kier molecular flexibility index (Phi) is 3.47. The van der Waals surface area contributed by atoms with Crippen LogP contribution in [0.5, 0.6) is 0 Å². The number of hydrogen-bond acceptors (Lipinski definition) is 1. The summed E-state index contributed by atoms with van der Waals surface area (Å²) in [7, 11) is 0. The molecular formula is C12H18O. The number of carbonyl (C=O) groups excluding carboxylic acids is 1. The Morgan fingerprint density at radius 2 is 1.92 bits per heavy atom. The molecule has 0 radical (unpaired) electrons. The Morgan fingerprint density at radius 3 is 2.54 bits per heavy atom. The average molecular weight is 178 g/mol. The van der Waals surface area contributed by atoms with Crippen LogP contribution in [-0.2, 0) is 4.79 Å². The number of Topliss-reactive ketones (excluding diaryl/α,β-unsaturated/α-hetero) is 1. The third kappa shape index (κ3) is 2.55. The van der Waals surface area contributed by atoms with E-state index in [-0.39, 0.29) is 0 Å². The molecule has 0 aromatic heterocycles. The van der Waals surface area contributed by atoms with E-state index in [1.807, 2.05) is 6.92 Å². The Labute approximate surface area is 80.5 Å². The summed E-state index contributed by atoms with van der Waals surface area (Å²) in [5, 5.41) is 0. The van der Waals surface area contributed by atoms with Crippen LogP contribution in [0.4, 0.5) is 0 Å². The van der Waals surface area contributed by atoms with Crippen LogP contribution >= 0.6 is 0 Å². The molecule has 0 amide bonds. The number of ketones is 1. The van der Waals surface area contributed by atoms with Gasteiger partial charge in [0, 0.05) is 12.0 Å². The smallest absolute Gasteiger partial charge is 0.162 e. The Morgan fingerprint density at radius 1 is 1.23 bits per heavy atom. The maximum absolute atomic E-state index is 11.7. The molecule has 0 spiro atoms. The molecule has 0 saturated carbocycles. The maximum atomic E-state index is 11.7. The minimum atomic E-state index is 0.330. The minimum absolute atomic E-state index is 0.330. The first kappa shape index (κ1) is 10.2. The summed E-state index contributed by atoms with van der Waals surface area (Å²) < 4.78 is 0. The van der Waals surface area contributed by atoms with E-state index >= 15 is 0 Å². The molecule has 0 atom stereocenters. The second kappa shape index (κ2) is 4.40. The van der Waals surface area contributed by atoms with Gasteiger partial charge < -0.3 is 0 Å². The van der Waals surface area contributed by atoms with Gasteiger partial charge in [-0.2, -0.15) is 0 Å². The Bertz CT molecular complexity index is 265. The summed E-state index contributed by atoms with van der Waals surface area (Å²) in [6, 6.07) is 0. The lowest BCUT2D eigenvalue weighted by atomic mass is 9.98. The van der Waals surface area contributed by atoms with Gasteiger partial charge in [-0.3, -0.25) is 4.79 Å². The zero-order valence-corrected chi connectivity index (χ0v) is 8.81. The largest absolute Gasteiger partial charge is 0.294 e. The molecule has 0 heterocycles. The number of allylic oxidation sites excluding steroid dienone is 4. The van der Waals surface area contributed by atoms with Crippen molar-refractivity contribution >= 4 is 5.78 Å². The highest BCUT2D eigenvalue weighted by Crippen LogP contribution is 2.22. The summed E-state index contributed by atoms with van der Waals surface area (Å²) in [6.07, 6.45) is 6.11. The summed E-state index contributed by atoms with van der Waals surface area (Å²) in [5.74, 6) is 0.330. The van der Waals surface area contributed by atoms with E-state index in [1.54, 1.807) is 0 Å². The normalized spacial score (nSPS) is 17.8. The summed E-state index contributed by atoms with van der Waals surface area (Å²) in [5.41, 5.74) is 3.39. The topological polar surface area (TPSA) is 17.1 Å². The molecule has 0 aliphatic heterocycles. The van der Waals surface area contributed by atoms with Crippen LogP contribution in [0.1, 0.15) is 46.5 Å². The van der Waals surface area contributed by atoms with Crippen molar-refractivity contribution in [3.63, 3.8) is 0 Å². The van der Waals surface area contributed by atoms with Crippen LogP contribution in [0.15, 0.2) is 22.8 Å². The van der Waals surface area contributed by atoms with Gasteiger partial charge in [-0.15, -0.1) is 0 Å². The second-order valence-electron chi connectivity index (χ2n) is 3.91. The molecule has 1 nitrogen and oxygen atoms in total. The van der Waals surface area contributed by atoms with Crippen LogP contribution < -0.4 is 0 Å². The second-order valence-corrected chi connectivity index (χ2v) is 3.91. The van der Waals surface area contributed by atoms with Gasteiger partial charge in [0.25, 0.3) is 0 Å². The van der Waals surface area contributed by atoms with Crippen molar-refractivity contribution in [1.82, 2.24) is 0 Å². The molecule has 13 heavy (non-hydrogen) atoms. The van der Waals surface area contributed by atoms with Crippen LogP contribution in [0.25, 0.3) is 0 Å². The van der Waals surface area contributed by atoms with Crippen LogP contribution in [0.2, 0.25) is 0 Å². The first-order chi connectivity index (χ1) is 6.13. The molecule has 1 aliphatic carbocycles. The number of hydrogen-bond donors (Lipinski definition) is 0. The fraction of sp³-hybridized carbons (Fsp3) is 0.583. The van der Waals surface area contributed by atoms with Crippen molar-refractivity contribution in [2.75, 3.05) is 0 Å². The average Bonchev–Trinajstić information content (AvgIpc) is 2.28. The van der Waals surface area contributed by atoms with Crippen molar-refractivity contribution in [1.29, 1.82) is 0 Å². The van der Waals surface area contributed by atoms with E-state index in [0.717, 1.165) is 31.3 Å². The molecule has 0 bridgehead atoms. The predicted molar refractivity (Wildman–Crippen MR) is 55.6 cm³/mol. The number of carbonyl (C=O) groups is 1. The molecule has 1 rings (SSSR count). The van der Waals surface area contributed by atoms with E-state index in [4.69, 9.17) is 0 Å². The fourth-order valence-corrected chi connectivity index (χ4v) is 1.56. The van der Waals surface area contributed by atoms with Crippen molar-refractivity contribution < 1.29 is 4.79 Å². The van der Waals surface area contributed by atoms with Crippen molar-refractivity contribution in [2.45, 2.75) is 46.5 Å². The van der Waals surface area contributed by atoms with Crippen LogP contribution in [0, 0.1) is 0 Å². The van der Waals surface area contributed by atoms with Gasteiger partial charge in [-0.25, -0.2) is 0 Å². The molecule has 0 aromatic rings. The Hall–Kier alpha value is -0.850. The van der Waals surface area contributed by atoms with Crippen molar-refractivity contribution in [3.05, 3.63) is 22.8 Å². The lowest BCUT2D eigenvalue weighted by Crippen LogP contribution is -2.02. The highest BCUT2D eigenvalue weighted by Gasteiger charge is 2.13. The maximum Gasteiger partial charge on any atom is 0.162 e. The van der Waals surface area contributed by atoms with E-state index in [2.05, 4.69) is 19.9 Å². The lowest BCUT2D eigenvalue weighted by Gasteiger charge is -2.06. The zero-order chi connectivity index (χ0) is 9.84. The molecule has 1 heteroatoms. The SMILES string of the molecule is CC(C)=C(C)C1=CCCCCC1=O. The van der Waals surface area contributed by atoms with E-state index in [0.29, 0.717) is 5.78 Å². The quantitative estimate of drug-likeness (QED) is 0.601. The Balaban J connectivity index is 2.94. The van der Waals surface area contributed by atoms with Gasteiger partial charge in [0.1, 0.15) is 0 Å². The molecule has 0 fully saturated rings. The van der Waals surface area contributed by atoms with Crippen molar-refractivity contribution in [3.8, 4) is 0 Å². The van der Waals surface area contributed by atoms with E-state index < -0.39 is 0 Å². The third-order valence-electron chi connectivity index (χ3n) is 2.66. The van der Waals surface area contributed by atoms with Gasteiger partial charge in [-0.1, -0.05) is 11.6 Å². The van der Waals surface area contributed by atoms with Gasteiger partial charge in [0.15, 0.2) is 5.78 Å². The van der Waals surface area contributed by atoms with Crippen LogP contribution in [0.3, 0.4) is 0 Å².